The van der Waals surface area contributed by atoms with Crippen LogP contribution in [-0.2, 0) is 4.79 Å². The first-order valence-electron chi connectivity index (χ1n) is 7.61. The summed E-state index contributed by atoms with van der Waals surface area (Å²) in [6, 6.07) is 0.842. The third-order valence-electron chi connectivity index (χ3n) is 3.79. The van der Waals surface area contributed by atoms with Gasteiger partial charge in [-0.1, -0.05) is 13.8 Å². The molecule has 0 bridgehead atoms. The smallest absolute Gasteiger partial charge is 0.236 e. The lowest BCUT2D eigenvalue weighted by Gasteiger charge is -2.30. The molecule has 112 valence electrons. The van der Waals surface area contributed by atoms with Crippen molar-refractivity contribution in [2.45, 2.75) is 52.6 Å². The number of nitrogens with one attached hydrogen (secondary N) is 1. The molecule has 4 heteroatoms. The van der Waals surface area contributed by atoms with Crippen LogP contribution in [-0.4, -0.2) is 61.0 Å². The number of carbonyl (C=O) groups excluding carboxylic acids is 1. The van der Waals surface area contributed by atoms with E-state index in [4.69, 9.17) is 0 Å². The van der Waals surface area contributed by atoms with Crippen LogP contribution in [0.2, 0.25) is 0 Å². The molecule has 19 heavy (non-hydrogen) atoms. The van der Waals surface area contributed by atoms with E-state index in [2.05, 4.69) is 37.9 Å². The molecular weight excluding hydrogens is 238 g/mol. The monoisotopic (exact) mass is 269 g/mol. The predicted molar refractivity (Wildman–Crippen MR) is 80.2 cm³/mol. The van der Waals surface area contributed by atoms with E-state index in [-0.39, 0.29) is 11.9 Å². The Balaban J connectivity index is 2.50. The molecule has 1 heterocycles. The van der Waals surface area contributed by atoms with Gasteiger partial charge in [0.15, 0.2) is 0 Å². The van der Waals surface area contributed by atoms with Crippen LogP contribution in [0, 0.1) is 5.92 Å². The second-order valence-electron chi connectivity index (χ2n) is 6.48. The average molecular weight is 269 g/mol. The van der Waals surface area contributed by atoms with Gasteiger partial charge in [0.1, 0.15) is 0 Å². The Morgan fingerprint density at radius 1 is 1.32 bits per heavy atom. The van der Waals surface area contributed by atoms with E-state index in [0.717, 1.165) is 19.6 Å². The summed E-state index contributed by atoms with van der Waals surface area (Å²) in [5.41, 5.74) is 0. The van der Waals surface area contributed by atoms with E-state index in [1.807, 2.05) is 11.9 Å². The molecular formula is C15H31N3O. The second-order valence-corrected chi connectivity index (χ2v) is 6.48. The fourth-order valence-electron chi connectivity index (χ4n) is 2.54. The van der Waals surface area contributed by atoms with Crippen molar-refractivity contribution in [3.05, 3.63) is 0 Å². The summed E-state index contributed by atoms with van der Waals surface area (Å²) in [6.07, 6.45) is 2.50. The fourth-order valence-corrected chi connectivity index (χ4v) is 2.54. The zero-order valence-electron chi connectivity index (χ0n) is 13.3. The van der Waals surface area contributed by atoms with Crippen molar-refractivity contribution in [1.82, 2.24) is 15.1 Å². The van der Waals surface area contributed by atoms with Crippen molar-refractivity contribution in [3.63, 3.8) is 0 Å². The third-order valence-corrected chi connectivity index (χ3v) is 3.79. The minimum Gasteiger partial charge on any atom is -0.342 e. The molecule has 0 saturated carbocycles. The van der Waals surface area contributed by atoms with Crippen LogP contribution >= 0.6 is 0 Å². The molecule has 0 spiro atoms. The Labute approximate surface area is 118 Å². The molecule has 0 aliphatic carbocycles. The normalized spacial score (nSPS) is 19.7. The molecule has 0 aromatic rings. The minimum absolute atomic E-state index is 0.230. The maximum Gasteiger partial charge on any atom is 0.236 e. The molecule has 1 amide bonds. The summed E-state index contributed by atoms with van der Waals surface area (Å²) in [5, 5.41) is 3.52. The topological polar surface area (TPSA) is 35.6 Å². The largest absolute Gasteiger partial charge is 0.342 e. The first kappa shape index (κ1) is 16.4. The first-order valence-corrected chi connectivity index (χ1v) is 7.61. The van der Waals surface area contributed by atoms with Crippen LogP contribution < -0.4 is 5.32 Å². The fraction of sp³-hybridized carbons (Fsp3) is 0.933. The highest BCUT2D eigenvalue weighted by molar-refractivity contribution is 5.78. The highest BCUT2D eigenvalue weighted by atomic mass is 16.2. The highest BCUT2D eigenvalue weighted by Gasteiger charge is 2.22. The number of hydrogen-bond donors (Lipinski definition) is 1. The Bertz CT molecular complexity index is 273. The van der Waals surface area contributed by atoms with Gasteiger partial charge in [0.25, 0.3) is 0 Å². The zero-order valence-corrected chi connectivity index (χ0v) is 13.3. The lowest BCUT2D eigenvalue weighted by molar-refractivity contribution is -0.132. The number of nitrogens with zero attached hydrogens (tertiary/aromatic N) is 2. The number of amides is 1. The molecule has 1 saturated heterocycles. The van der Waals surface area contributed by atoms with Crippen molar-refractivity contribution < 1.29 is 4.79 Å². The van der Waals surface area contributed by atoms with Crippen LogP contribution in [0.4, 0.5) is 0 Å². The minimum atomic E-state index is 0.230. The lowest BCUT2D eigenvalue weighted by Crippen LogP contribution is -2.46. The van der Waals surface area contributed by atoms with E-state index < -0.39 is 0 Å². The number of rotatable bonds is 7. The van der Waals surface area contributed by atoms with Crippen molar-refractivity contribution in [2.75, 3.05) is 33.2 Å². The van der Waals surface area contributed by atoms with Crippen LogP contribution in [0.5, 0.6) is 0 Å². The van der Waals surface area contributed by atoms with Gasteiger partial charge in [-0.15, -0.1) is 0 Å². The Morgan fingerprint density at radius 2 is 2.00 bits per heavy atom. The Hall–Kier alpha value is -0.610. The second kappa shape index (κ2) is 7.85. The maximum absolute atomic E-state index is 12.2. The van der Waals surface area contributed by atoms with E-state index in [1.54, 1.807) is 0 Å². The maximum atomic E-state index is 12.2. The van der Waals surface area contributed by atoms with Gasteiger partial charge in [0.2, 0.25) is 5.91 Å². The number of carbonyl (C=O) groups is 1. The van der Waals surface area contributed by atoms with Crippen molar-refractivity contribution in [2.24, 2.45) is 5.92 Å². The van der Waals surface area contributed by atoms with Gasteiger partial charge in [-0.3, -0.25) is 9.69 Å². The van der Waals surface area contributed by atoms with Crippen molar-refractivity contribution in [1.29, 1.82) is 0 Å². The summed E-state index contributed by atoms with van der Waals surface area (Å²) >= 11 is 0. The standard InChI is InChI=1S/C15H31N3O/c1-12(2)9-18(10-14-7-6-8-16-14)11-15(19)17(5)13(3)4/h12-14,16H,6-11H2,1-5H3. The highest BCUT2D eigenvalue weighted by Crippen LogP contribution is 2.09. The van der Waals surface area contributed by atoms with Crippen LogP contribution in [0.25, 0.3) is 0 Å². The molecule has 1 fully saturated rings. The summed E-state index contributed by atoms with van der Waals surface area (Å²) in [7, 11) is 1.90. The van der Waals surface area contributed by atoms with Gasteiger partial charge in [-0.25, -0.2) is 0 Å². The van der Waals surface area contributed by atoms with Crippen molar-refractivity contribution in [3.8, 4) is 0 Å². The quantitative estimate of drug-likeness (QED) is 0.762. The van der Waals surface area contributed by atoms with Gasteiger partial charge in [0.05, 0.1) is 6.54 Å². The molecule has 1 unspecified atom stereocenters. The van der Waals surface area contributed by atoms with Crippen LogP contribution in [0.1, 0.15) is 40.5 Å². The van der Waals surface area contributed by atoms with E-state index in [1.165, 1.54) is 12.8 Å². The molecule has 1 aliphatic heterocycles. The number of hydrogen-bond acceptors (Lipinski definition) is 3. The first-order chi connectivity index (χ1) is 8.90. The lowest BCUT2D eigenvalue weighted by atomic mass is 10.1. The van der Waals surface area contributed by atoms with Gasteiger partial charge in [-0.05, 0) is 39.2 Å². The van der Waals surface area contributed by atoms with Crippen LogP contribution in [0.3, 0.4) is 0 Å². The van der Waals surface area contributed by atoms with Gasteiger partial charge < -0.3 is 10.2 Å². The summed E-state index contributed by atoms with van der Waals surface area (Å²) in [6.45, 7) is 12.2. The van der Waals surface area contributed by atoms with Gasteiger partial charge in [0, 0.05) is 32.2 Å². The molecule has 0 aromatic heterocycles. The molecule has 0 aromatic carbocycles. The van der Waals surface area contributed by atoms with Gasteiger partial charge >= 0.3 is 0 Å². The molecule has 4 nitrogen and oxygen atoms in total. The SMILES string of the molecule is CC(C)CN(CC(=O)N(C)C(C)C)CC1CCCN1. The van der Waals surface area contributed by atoms with E-state index in [0.29, 0.717) is 18.5 Å². The number of likely N-dealkylation sites (N-methyl/N-ethyl adjacent to an activating group) is 1. The molecule has 1 atom stereocenters. The molecule has 0 radical (unpaired) electrons. The third kappa shape index (κ3) is 5.91. The summed E-state index contributed by atoms with van der Waals surface area (Å²) < 4.78 is 0. The Morgan fingerprint density at radius 3 is 2.47 bits per heavy atom. The molecule has 1 aliphatic rings. The summed E-state index contributed by atoms with van der Waals surface area (Å²) in [5.74, 6) is 0.826. The predicted octanol–water partition coefficient (Wildman–Crippen LogP) is 1.56. The van der Waals surface area contributed by atoms with Gasteiger partial charge in [-0.2, -0.15) is 0 Å². The Kier molecular flexibility index (Phi) is 6.80. The summed E-state index contributed by atoms with van der Waals surface area (Å²) in [4.78, 5) is 16.4. The molecule has 1 N–H and O–H groups in total. The average Bonchev–Trinajstić information content (AvgIpc) is 2.79. The zero-order chi connectivity index (χ0) is 14.4. The van der Waals surface area contributed by atoms with Crippen molar-refractivity contribution >= 4 is 5.91 Å². The van der Waals surface area contributed by atoms with E-state index in [9.17, 15) is 4.79 Å². The molecule has 1 rings (SSSR count). The van der Waals surface area contributed by atoms with E-state index >= 15 is 0 Å². The van der Waals surface area contributed by atoms with Crippen LogP contribution in [0.15, 0.2) is 0 Å².